The van der Waals surface area contributed by atoms with E-state index in [1.807, 2.05) is 0 Å². The highest BCUT2D eigenvalue weighted by Gasteiger charge is 2.18. The van der Waals surface area contributed by atoms with Gasteiger partial charge in [0.05, 0.1) is 10.6 Å². The van der Waals surface area contributed by atoms with Gasteiger partial charge in [-0.25, -0.2) is 4.98 Å². The van der Waals surface area contributed by atoms with E-state index in [-0.39, 0.29) is 0 Å². The SMILES string of the molecule is C=CNc1nc(Cl)nc2c1SCC2. The summed E-state index contributed by atoms with van der Waals surface area (Å²) in [4.78, 5) is 9.34. The first-order valence-corrected chi connectivity index (χ1v) is 5.24. The minimum atomic E-state index is 0.297. The van der Waals surface area contributed by atoms with Crippen molar-refractivity contribution in [1.29, 1.82) is 0 Å². The van der Waals surface area contributed by atoms with E-state index in [2.05, 4.69) is 21.9 Å². The number of nitrogens with one attached hydrogen (secondary N) is 1. The fourth-order valence-electron chi connectivity index (χ4n) is 1.23. The lowest BCUT2D eigenvalue weighted by molar-refractivity contribution is 0.980. The number of hydrogen-bond acceptors (Lipinski definition) is 4. The van der Waals surface area contributed by atoms with Crippen molar-refractivity contribution in [3.05, 3.63) is 23.8 Å². The molecule has 0 amide bonds. The summed E-state index contributed by atoms with van der Waals surface area (Å²) >= 11 is 7.51. The van der Waals surface area contributed by atoms with Gasteiger partial charge >= 0.3 is 0 Å². The van der Waals surface area contributed by atoms with Crippen molar-refractivity contribution >= 4 is 29.2 Å². The molecule has 0 radical (unpaired) electrons. The number of hydrogen-bond donors (Lipinski definition) is 1. The highest BCUT2D eigenvalue weighted by molar-refractivity contribution is 7.99. The van der Waals surface area contributed by atoms with Gasteiger partial charge in [0.1, 0.15) is 5.82 Å². The van der Waals surface area contributed by atoms with Gasteiger partial charge < -0.3 is 5.32 Å². The van der Waals surface area contributed by atoms with E-state index in [4.69, 9.17) is 11.6 Å². The summed E-state index contributed by atoms with van der Waals surface area (Å²) in [5, 5.41) is 3.25. The Morgan fingerprint density at radius 2 is 2.38 bits per heavy atom. The quantitative estimate of drug-likeness (QED) is 0.766. The molecule has 1 N–H and O–H groups in total. The molecule has 0 unspecified atom stereocenters. The largest absolute Gasteiger partial charge is 0.346 e. The predicted octanol–water partition coefficient (Wildman–Crippen LogP) is 2.33. The molecule has 1 aliphatic rings. The van der Waals surface area contributed by atoms with E-state index in [0.717, 1.165) is 28.6 Å². The summed E-state index contributed by atoms with van der Waals surface area (Å²) in [5.74, 6) is 1.82. The van der Waals surface area contributed by atoms with E-state index < -0.39 is 0 Å². The Balaban J connectivity index is 2.48. The zero-order chi connectivity index (χ0) is 9.26. The molecule has 0 atom stereocenters. The molecule has 0 fully saturated rings. The zero-order valence-corrected chi connectivity index (χ0v) is 8.45. The van der Waals surface area contributed by atoms with Crippen LogP contribution in [0.1, 0.15) is 5.69 Å². The van der Waals surface area contributed by atoms with Gasteiger partial charge in [-0.05, 0) is 17.8 Å². The summed E-state index contributed by atoms with van der Waals surface area (Å²) in [6.45, 7) is 3.59. The lowest BCUT2D eigenvalue weighted by atomic mass is 10.3. The predicted molar refractivity (Wildman–Crippen MR) is 55.3 cm³/mol. The maximum Gasteiger partial charge on any atom is 0.224 e. The number of anilines is 1. The molecule has 0 saturated heterocycles. The van der Waals surface area contributed by atoms with Crippen LogP contribution in [0, 0.1) is 0 Å². The van der Waals surface area contributed by atoms with Crippen molar-refractivity contribution < 1.29 is 0 Å². The Bertz CT molecular complexity index is 353. The molecular formula is C8H8ClN3S. The Kier molecular flexibility index (Phi) is 2.42. The molecule has 5 heteroatoms. The normalized spacial score (nSPS) is 13.9. The van der Waals surface area contributed by atoms with Crippen molar-refractivity contribution in [1.82, 2.24) is 9.97 Å². The van der Waals surface area contributed by atoms with Gasteiger partial charge in [0.2, 0.25) is 5.28 Å². The van der Waals surface area contributed by atoms with Gasteiger partial charge in [-0.2, -0.15) is 4.98 Å². The second-order valence-corrected chi connectivity index (χ2v) is 4.01. The number of aromatic nitrogens is 2. The molecule has 0 saturated carbocycles. The van der Waals surface area contributed by atoms with Crippen molar-refractivity contribution in [3.8, 4) is 0 Å². The van der Waals surface area contributed by atoms with Gasteiger partial charge in [-0.3, -0.25) is 0 Å². The topological polar surface area (TPSA) is 37.8 Å². The molecule has 13 heavy (non-hydrogen) atoms. The number of halogens is 1. The molecule has 1 aromatic heterocycles. The highest BCUT2D eigenvalue weighted by Crippen LogP contribution is 2.35. The Labute approximate surface area is 85.6 Å². The zero-order valence-electron chi connectivity index (χ0n) is 6.88. The van der Waals surface area contributed by atoms with Crippen LogP contribution in [0.2, 0.25) is 5.28 Å². The average Bonchev–Trinajstić information content (AvgIpc) is 2.52. The first-order chi connectivity index (χ1) is 6.31. The van der Waals surface area contributed by atoms with Crippen molar-refractivity contribution in [2.45, 2.75) is 11.3 Å². The molecule has 68 valence electrons. The molecular weight excluding hydrogens is 206 g/mol. The third kappa shape index (κ3) is 1.64. The van der Waals surface area contributed by atoms with Gasteiger partial charge in [-0.1, -0.05) is 6.58 Å². The molecule has 0 aliphatic carbocycles. The van der Waals surface area contributed by atoms with Gasteiger partial charge in [-0.15, -0.1) is 11.8 Å². The highest BCUT2D eigenvalue weighted by atomic mass is 35.5. The summed E-state index contributed by atoms with van der Waals surface area (Å²) in [7, 11) is 0. The Hall–Kier alpha value is -0.740. The minimum absolute atomic E-state index is 0.297. The molecule has 0 bridgehead atoms. The molecule has 1 aliphatic heterocycles. The Morgan fingerprint density at radius 1 is 1.54 bits per heavy atom. The maximum atomic E-state index is 5.76. The van der Waals surface area contributed by atoms with Gasteiger partial charge in [0.25, 0.3) is 0 Å². The van der Waals surface area contributed by atoms with Crippen LogP contribution in [-0.4, -0.2) is 15.7 Å². The van der Waals surface area contributed by atoms with E-state index in [0.29, 0.717) is 5.28 Å². The Morgan fingerprint density at radius 3 is 3.15 bits per heavy atom. The third-order valence-electron chi connectivity index (χ3n) is 1.73. The lowest BCUT2D eigenvalue weighted by Crippen LogP contribution is -1.98. The first-order valence-electron chi connectivity index (χ1n) is 3.88. The second kappa shape index (κ2) is 3.55. The average molecular weight is 214 g/mol. The minimum Gasteiger partial charge on any atom is -0.346 e. The van der Waals surface area contributed by atoms with E-state index in [1.54, 1.807) is 18.0 Å². The van der Waals surface area contributed by atoms with E-state index >= 15 is 0 Å². The van der Waals surface area contributed by atoms with E-state index in [9.17, 15) is 0 Å². The number of fused-ring (bicyclic) bond motifs is 1. The fourth-order valence-corrected chi connectivity index (χ4v) is 2.47. The van der Waals surface area contributed by atoms with Crippen LogP contribution in [0.15, 0.2) is 17.7 Å². The molecule has 2 rings (SSSR count). The smallest absolute Gasteiger partial charge is 0.224 e. The van der Waals surface area contributed by atoms with Gasteiger partial charge in [0, 0.05) is 12.2 Å². The van der Waals surface area contributed by atoms with Crippen molar-refractivity contribution in [2.24, 2.45) is 0 Å². The number of nitrogens with zero attached hydrogens (tertiary/aromatic N) is 2. The van der Waals surface area contributed by atoms with E-state index in [1.165, 1.54) is 0 Å². The standard InChI is InChI=1S/C8H8ClN3S/c1-2-10-7-6-5(3-4-13-6)11-8(9)12-7/h2H,1,3-4H2,(H,10,11,12). The summed E-state index contributed by atoms with van der Waals surface area (Å²) < 4.78 is 0. The summed E-state index contributed by atoms with van der Waals surface area (Å²) in [5.41, 5.74) is 1.04. The first kappa shape index (κ1) is 8.84. The van der Waals surface area contributed by atoms with Crippen LogP contribution in [-0.2, 0) is 6.42 Å². The number of aryl methyl sites for hydroxylation is 1. The van der Waals surface area contributed by atoms with Crippen LogP contribution in [0.4, 0.5) is 5.82 Å². The summed E-state index contributed by atoms with van der Waals surface area (Å²) in [6.07, 6.45) is 2.56. The number of thioether (sulfide) groups is 1. The lowest BCUT2D eigenvalue weighted by Gasteiger charge is -2.05. The van der Waals surface area contributed by atoms with Gasteiger partial charge in [0.15, 0.2) is 0 Å². The third-order valence-corrected chi connectivity index (χ3v) is 3.03. The number of rotatable bonds is 2. The fraction of sp³-hybridized carbons (Fsp3) is 0.250. The monoisotopic (exact) mass is 213 g/mol. The molecule has 0 aromatic carbocycles. The maximum absolute atomic E-state index is 5.76. The van der Waals surface area contributed by atoms with Crippen LogP contribution in [0.3, 0.4) is 0 Å². The molecule has 1 aromatic rings. The summed E-state index contributed by atoms with van der Waals surface area (Å²) in [6, 6.07) is 0. The second-order valence-electron chi connectivity index (χ2n) is 2.56. The molecule has 0 spiro atoms. The molecule has 2 heterocycles. The van der Waals surface area contributed by atoms with Crippen LogP contribution in [0.25, 0.3) is 0 Å². The van der Waals surface area contributed by atoms with Crippen LogP contribution in [0.5, 0.6) is 0 Å². The molecule has 3 nitrogen and oxygen atoms in total. The van der Waals surface area contributed by atoms with Crippen LogP contribution < -0.4 is 5.32 Å². The van der Waals surface area contributed by atoms with Crippen molar-refractivity contribution in [3.63, 3.8) is 0 Å². The van der Waals surface area contributed by atoms with Crippen molar-refractivity contribution in [2.75, 3.05) is 11.1 Å². The van der Waals surface area contributed by atoms with Crippen LogP contribution >= 0.6 is 23.4 Å².